The van der Waals surface area contributed by atoms with Crippen molar-refractivity contribution in [3.8, 4) is 0 Å². The number of nitrogens with zero attached hydrogens (tertiary/aromatic N) is 2. The van der Waals surface area contributed by atoms with Crippen LogP contribution in [0, 0.1) is 13.8 Å². The summed E-state index contributed by atoms with van der Waals surface area (Å²) < 4.78 is 2.23. The Morgan fingerprint density at radius 3 is 2.48 bits per heavy atom. The van der Waals surface area contributed by atoms with Crippen LogP contribution in [0.1, 0.15) is 48.8 Å². The van der Waals surface area contributed by atoms with Gasteiger partial charge in [0.2, 0.25) is 0 Å². The first-order valence-corrected chi connectivity index (χ1v) is 11.1. The van der Waals surface area contributed by atoms with E-state index in [2.05, 4.69) is 84.3 Å². The van der Waals surface area contributed by atoms with Gasteiger partial charge in [0.25, 0.3) is 0 Å². The molecule has 1 fully saturated rings. The van der Waals surface area contributed by atoms with Crippen LogP contribution in [0.2, 0.25) is 0 Å². The van der Waals surface area contributed by atoms with Crippen LogP contribution in [-0.2, 0) is 13.6 Å². The van der Waals surface area contributed by atoms with Crippen molar-refractivity contribution in [1.82, 2.24) is 9.47 Å². The predicted octanol–water partition coefficient (Wildman–Crippen LogP) is 6.33. The van der Waals surface area contributed by atoms with E-state index in [0.717, 1.165) is 17.3 Å². The number of rotatable bonds is 4. The average molecular weight is 406 g/mol. The van der Waals surface area contributed by atoms with Crippen molar-refractivity contribution in [1.29, 1.82) is 0 Å². The Morgan fingerprint density at radius 1 is 1.07 bits per heavy atom. The maximum atomic E-state index is 5.96. The molecule has 0 bridgehead atoms. The number of fused-ring (bicyclic) bond motifs is 1. The van der Waals surface area contributed by atoms with Crippen LogP contribution in [-0.4, -0.2) is 20.6 Å². The fourth-order valence-corrected chi connectivity index (χ4v) is 5.07. The molecule has 152 valence electrons. The van der Waals surface area contributed by atoms with Gasteiger partial charge in [-0.25, -0.2) is 0 Å². The van der Waals surface area contributed by atoms with Crippen LogP contribution in [0.15, 0.2) is 48.7 Å². The number of benzene rings is 2. The van der Waals surface area contributed by atoms with Gasteiger partial charge in [-0.15, -0.1) is 0 Å². The SMILES string of the molecule is Cc1cc(C)cc(NC(=S)N(Cc2cn(C)c3ccccc23)C2CCCCC2)c1. The van der Waals surface area contributed by atoms with Crippen LogP contribution >= 0.6 is 12.2 Å². The van der Waals surface area contributed by atoms with Crippen LogP contribution in [0.5, 0.6) is 0 Å². The summed E-state index contributed by atoms with van der Waals surface area (Å²) in [5, 5.41) is 5.71. The zero-order chi connectivity index (χ0) is 20.4. The van der Waals surface area contributed by atoms with Gasteiger partial charge in [0.1, 0.15) is 0 Å². The van der Waals surface area contributed by atoms with Crippen molar-refractivity contribution < 1.29 is 0 Å². The second-order valence-electron chi connectivity index (χ2n) is 8.51. The summed E-state index contributed by atoms with van der Waals surface area (Å²) in [5.41, 5.74) is 6.23. The maximum absolute atomic E-state index is 5.96. The van der Waals surface area contributed by atoms with E-state index in [1.165, 1.54) is 59.7 Å². The molecule has 1 N–H and O–H groups in total. The van der Waals surface area contributed by atoms with Gasteiger partial charge in [-0.2, -0.15) is 0 Å². The Kier molecular flexibility index (Phi) is 5.91. The fourth-order valence-electron chi connectivity index (χ4n) is 4.74. The van der Waals surface area contributed by atoms with E-state index in [1.807, 2.05) is 0 Å². The molecule has 1 heterocycles. The van der Waals surface area contributed by atoms with Gasteiger partial charge in [0, 0.05) is 42.4 Å². The number of thiocarbonyl (C=S) groups is 1. The summed E-state index contributed by atoms with van der Waals surface area (Å²) in [6, 6.07) is 15.7. The molecule has 1 saturated carbocycles. The number of anilines is 1. The van der Waals surface area contributed by atoms with Gasteiger partial charge in [0.05, 0.1) is 0 Å². The lowest BCUT2D eigenvalue weighted by atomic mass is 9.94. The number of hydrogen-bond acceptors (Lipinski definition) is 1. The molecule has 29 heavy (non-hydrogen) atoms. The van der Waals surface area contributed by atoms with E-state index in [-0.39, 0.29) is 0 Å². The molecule has 0 aliphatic heterocycles. The lowest BCUT2D eigenvalue weighted by molar-refractivity contribution is 0.241. The van der Waals surface area contributed by atoms with Crippen molar-refractivity contribution in [2.75, 3.05) is 5.32 Å². The third-order valence-electron chi connectivity index (χ3n) is 6.07. The highest BCUT2D eigenvalue weighted by atomic mass is 32.1. The van der Waals surface area contributed by atoms with Crippen molar-refractivity contribution >= 4 is 33.9 Å². The first kappa shape index (κ1) is 20.0. The van der Waals surface area contributed by atoms with Gasteiger partial charge in [-0.1, -0.05) is 43.5 Å². The highest BCUT2D eigenvalue weighted by Gasteiger charge is 2.24. The van der Waals surface area contributed by atoms with Crippen LogP contribution in [0.25, 0.3) is 10.9 Å². The minimum atomic E-state index is 0.508. The van der Waals surface area contributed by atoms with Crippen molar-refractivity contribution in [2.45, 2.75) is 58.5 Å². The highest BCUT2D eigenvalue weighted by Crippen LogP contribution is 2.28. The van der Waals surface area contributed by atoms with E-state index < -0.39 is 0 Å². The van der Waals surface area contributed by atoms with Crippen molar-refractivity contribution in [2.24, 2.45) is 7.05 Å². The average Bonchev–Trinajstić information content (AvgIpc) is 3.02. The van der Waals surface area contributed by atoms with E-state index in [9.17, 15) is 0 Å². The summed E-state index contributed by atoms with van der Waals surface area (Å²) in [5.74, 6) is 0. The molecule has 4 rings (SSSR count). The van der Waals surface area contributed by atoms with E-state index in [0.29, 0.717) is 6.04 Å². The number of aryl methyl sites for hydroxylation is 3. The molecule has 0 amide bonds. The Morgan fingerprint density at radius 2 is 1.76 bits per heavy atom. The summed E-state index contributed by atoms with van der Waals surface area (Å²) in [6.07, 6.45) is 8.64. The smallest absolute Gasteiger partial charge is 0.173 e. The molecule has 3 nitrogen and oxygen atoms in total. The summed E-state index contributed by atoms with van der Waals surface area (Å²) >= 11 is 5.96. The largest absolute Gasteiger partial charge is 0.350 e. The lowest BCUT2D eigenvalue weighted by Gasteiger charge is -2.36. The second kappa shape index (κ2) is 8.58. The molecule has 1 aliphatic carbocycles. The van der Waals surface area contributed by atoms with Crippen molar-refractivity contribution in [3.63, 3.8) is 0 Å². The maximum Gasteiger partial charge on any atom is 0.173 e. The lowest BCUT2D eigenvalue weighted by Crippen LogP contribution is -2.43. The Hall–Kier alpha value is -2.33. The van der Waals surface area contributed by atoms with Gasteiger partial charge in [-0.05, 0) is 73.8 Å². The quantitative estimate of drug-likeness (QED) is 0.512. The zero-order valence-corrected chi connectivity index (χ0v) is 18.6. The summed E-state index contributed by atoms with van der Waals surface area (Å²) in [6.45, 7) is 5.12. The number of nitrogens with one attached hydrogen (secondary N) is 1. The van der Waals surface area contributed by atoms with Crippen LogP contribution in [0.3, 0.4) is 0 Å². The number of para-hydroxylation sites is 1. The summed E-state index contributed by atoms with van der Waals surface area (Å²) in [7, 11) is 2.13. The molecule has 0 atom stereocenters. The standard InChI is InChI=1S/C25H31N3S/c1-18-13-19(2)15-21(14-18)26-25(29)28(22-9-5-4-6-10-22)17-20-16-27(3)24-12-8-7-11-23(20)24/h7-8,11-16,22H,4-6,9-10,17H2,1-3H3,(H,26,29). The first-order chi connectivity index (χ1) is 14.0. The molecule has 0 radical (unpaired) electrons. The Balaban J connectivity index is 1.63. The molecule has 2 aromatic carbocycles. The fraction of sp³-hybridized carbons (Fsp3) is 0.400. The molecule has 3 aromatic rings. The normalized spacial score (nSPS) is 14.9. The third-order valence-corrected chi connectivity index (χ3v) is 6.41. The van der Waals surface area contributed by atoms with E-state index >= 15 is 0 Å². The van der Waals surface area contributed by atoms with Gasteiger partial charge in [0.15, 0.2) is 5.11 Å². The Labute approximate surface area is 179 Å². The van der Waals surface area contributed by atoms with Crippen LogP contribution < -0.4 is 5.32 Å². The molecule has 1 aliphatic rings. The second-order valence-corrected chi connectivity index (χ2v) is 8.90. The third kappa shape index (κ3) is 4.48. The molecule has 1 aromatic heterocycles. The molecule has 4 heteroatoms. The first-order valence-electron chi connectivity index (χ1n) is 10.7. The molecule has 0 unspecified atom stereocenters. The van der Waals surface area contributed by atoms with E-state index in [4.69, 9.17) is 12.2 Å². The monoisotopic (exact) mass is 405 g/mol. The van der Waals surface area contributed by atoms with Crippen molar-refractivity contribution in [3.05, 3.63) is 65.4 Å². The summed E-state index contributed by atoms with van der Waals surface area (Å²) in [4.78, 5) is 2.44. The molecular weight excluding hydrogens is 374 g/mol. The number of hydrogen-bond donors (Lipinski definition) is 1. The molecule has 0 spiro atoms. The van der Waals surface area contributed by atoms with E-state index in [1.54, 1.807) is 0 Å². The van der Waals surface area contributed by atoms with Gasteiger partial charge in [-0.3, -0.25) is 0 Å². The minimum absolute atomic E-state index is 0.508. The van der Waals surface area contributed by atoms with Crippen LogP contribution in [0.4, 0.5) is 5.69 Å². The number of aromatic nitrogens is 1. The minimum Gasteiger partial charge on any atom is -0.350 e. The topological polar surface area (TPSA) is 20.2 Å². The van der Waals surface area contributed by atoms with Gasteiger partial charge < -0.3 is 14.8 Å². The predicted molar refractivity (Wildman–Crippen MR) is 127 cm³/mol. The molecule has 0 saturated heterocycles. The Bertz CT molecular complexity index is 994. The molecular formula is C25H31N3S. The highest BCUT2D eigenvalue weighted by molar-refractivity contribution is 7.80. The zero-order valence-electron chi connectivity index (χ0n) is 17.7. The van der Waals surface area contributed by atoms with Gasteiger partial charge >= 0.3 is 0 Å².